The third-order valence-corrected chi connectivity index (χ3v) is 6.20. The molecule has 3 nitrogen and oxygen atoms in total. The molecule has 1 aromatic rings. The number of carbonyl (C=O) groups is 1. The van der Waals surface area contributed by atoms with Crippen LogP contribution in [-0.2, 0) is 11.3 Å². The van der Waals surface area contributed by atoms with Gasteiger partial charge in [-0.3, -0.25) is 9.69 Å². The SMILES string of the molecule is O=C(NC1CC2CCCC(C1)N2Cc1cccs1)C1CC1. The summed E-state index contributed by atoms with van der Waals surface area (Å²) in [4.78, 5) is 16.2. The number of nitrogens with one attached hydrogen (secondary N) is 1. The summed E-state index contributed by atoms with van der Waals surface area (Å²) < 4.78 is 0. The van der Waals surface area contributed by atoms with Crippen molar-refractivity contribution in [1.29, 1.82) is 0 Å². The summed E-state index contributed by atoms with van der Waals surface area (Å²) in [5.41, 5.74) is 0. The van der Waals surface area contributed by atoms with Crippen molar-refractivity contribution in [2.45, 2.75) is 69.6 Å². The average Bonchev–Trinajstić information content (AvgIpc) is 3.18. The Morgan fingerprint density at radius 2 is 2.00 bits per heavy atom. The molecule has 1 aromatic heterocycles. The first-order valence-electron chi connectivity index (χ1n) is 8.38. The van der Waals surface area contributed by atoms with E-state index in [-0.39, 0.29) is 0 Å². The van der Waals surface area contributed by atoms with Gasteiger partial charge in [0.15, 0.2) is 0 Å². The van der Waals surface area contributed by atoms with Crippen molar-refractivity contribution in [3.63, 3.8) is 0 Å². The molecule has 2 saturated heterocycles. The molecule has 3 fully saturated rings. The van der Waals surface area contributed by atoms with Crippen molar-refractivity contribution in [2.75, 3.05) is 0 Å². The number of hydrogen-bond donors (Lipinski definition) is 1. The van der Waals surface area contributed by atoms with Gasteiger partial charge in [0.05, 0.1) is 0 Å². The van der Waals surface area contributed by atoms with E-state index in [4.69, 9.17) is 0 Å². The molecule has 4 heteroatoms. The summed E-state index contributed by atoms with van der Waals surface area (Å²) in [7, 11) is 0. The van der Waals surface area contributed by atoms with Crippen LogP contribution in [0, 0.1) is 5.92 Å². The summed E-state index contributed by atoms with van der Waals surface area (Å²) in [5, 5.41) is 5.50. The van der Waals surface area contributed by atoms with E-state index in [0.717, 1.165) is 32.2 Å². The third-order valence-electron chi connectivity index (χ3n) is 5.34. The minimum Gasteiger partial charge on any atom is -0.353 e. The summed E-state index contributed by atoms with van der Waals surface area (Å²) >= 11 is 1.87. The second-order valence-corrected chi connectivity index (χ2v) is 7.97. The topological polar surface area (TPSA) is 32.3 Å². The highest BCUT2D eigenvalue weighted by molar-refractivity contribution is 7.09. The molecule has 2 atom stereocenters. The molecule has 1 saturated carbocycles. The largest absolute Gasteiger partial charge is 0.353 e. The lowest BCUT2D eigenvalue weighted by molar-refractivity contribution is -0.123. The van der Waals surface area contributed by atoms with Crippen LogP contribution < -0.4 is 5.32 Å². The predicted molar refractivity (Wildman–Crippen MR) is 85.2 cm³/mol. The molecule has 2 aliphatic heterocycles. The van der Waals surface area contributed by atoms with Crippen LogP contribution in [0.4, 0.5) is 0 Å². The third kappa shape index (κ3) is 3.02. The fourth-order valence-electron chi connectivity index (χ4n) is 4.10. The van der Waals surface area contributed by atoms with E-state index in [1.807, 2.05) is 11.3 Å². The highest BCUT2D eigenvalue weighted by atomic mass is 32.1. The Balaban J connectivity index is 1.41. The van der Waals surface area contributed by atoms with Crippen molar-refractivity contribution >= 4 is 17.2 Å². The van der Waals surface area contributed by atoms with Gasteiger partial charge < -0.3 is 5.32 Å². The molecular formula is C17H24N2OS. The molecule has 4 rings (SSSR count). The standard InChI is InChI=1S/C17H24N2OS/c20-17(12-6-7-12)18-13-9-14-3-1-4-15(10-13)19(14)11-16-5-2-8-21-16/h2,5,8,12-15H,1,3-4,6-7,9-11H2,(H,18,20). The zero-order valence-electron chi connectivity index (χ0n) is 12.5. The summed E-state index contributed by atoms with van der Waals surface area (Å²) in [6, 6.07) is 6.17. The summed E-state index contributed by atoms with van der Waals surface area (Å²) in [6.45, 7) is 1.11. The molecule has 0 aromatic carbocycles. The van der Waals surface area contributed by atoms with Crippen LogP contribution in [0.5, 0.6) is 0 Å². The van der Waals surface area contributed by atoms with Gasteiger partial charge in [-0.05, 0) is 50.0 Å². The Morgan fingerprint density at radius 1 is 1.24 bits per heavy atom. The molecule has 1 amide bonds. The van der Waals surface area contributed by atoms with Crippen molar-refractivity contribution < 1.29 is 4.79 Å². The normalized spacial score (nSPS) is 32.9. The number of rotatable bonds is 4. The number of nitrogens with zero attached hydrogens (tertiary/aromatic N) is 1. The minimum atomic E-state index is 0.324. The van der Waals surface area contributed by atoms with Gasteiger partial charge >= 0.3 is 0 Å². The number of hydrogen-bond acceptors (Lipinski definition) is 3. The van der Waals surface area contributed by atoms with Gasteiger partial charge in [0.2, 0.25) is 5.91 Å². The molecule has 0 radical (unpaired) electrons. The average molecular weight is 304 g/mol. The Hall–Kier alpha value is -0.870. The smallest absolute Gasteiger partial charge is 0.223 e. The number of fused-ring (bicyclic) bond motifs is 2. The van der Waals surface area contributed by atoms with E-state index in [1.165, 1.54) is 24.1 Å². The molecule has 1 aliphatic carbocycles. The second-order valence-electron chi connectivity index (χ2n) is 6.94. The van der Waals surface area contributed by atoms with E-state index < -0.39 is 0 Å². The lowest BCUT2D eigenvalue weighted by Crippen LogP contribution is -2.56. The van der Waals surface area contributed by atoms with Crippen LogP contribution in [0.3, 0.4) is 0 Å². The van der Waals surface area contributed by atoms with Gasteiger partial charge in [-0.2, -0.15) is 0 Å². The number of carbonyl (C=O) groups excluding carboxylic acids is 1. The van der Waals surface area contributed by atoms with Crippen LogP contribution in [0.25, 0.3) is 0 Å². The second kappa shape index (κ2) is 5.73. The molecule has 114 valence electrons. The van der Waals surface area contributed by atoms with Gasteiger partial charge in [-0.25, -0.2) is 0 Å². The molecule has 21 heavy (non-hydrogen) atoms. The maximum Gasteiger partial charge on any atom is 0.223 e. The van der Waals surface area contributed by atoms with Crippen molar-refractivity contribution in [1.82, 2.24) is 10.2 Å². The maximum absolute atomic E-state index is 12.0. The van der Waals surface area contributed by atoms with Crippen molar-refractivity contribution in [3.05, 3.63) is 22.4 Å². The van der Waals surface area contributed by atoms with Gasteiger partial charge in [0.1, 0.15) is 0 Å². The molecule has 1 N–H and O–H groups in total. The van der Waals surface area contributed by atoms with E-state index in [0.29, 0.717) is 30.0 Å². The lowest BCUT2D eigenvalue weighted by Gasteiger charge is -2.49. The zero-order valence-corrected chi connectivity index (χ0v) is 13.3. The number of amides is 1. The first-order chi connectivity index (χ1) is 10.3. The zero-order chi connectivity index (χ0) is 14.2. The van der Waals surface area contributed by atoms with Crippen LogP contribution in [-0.4, -0.2) is 28.9 Å². The molecule has 3 heterocycles. The Kier molecular flexibility index (Phi) is 3.76. The minimum absolute atomic E-state index is 0.324. The maximum atomic E-state index is 12.0. The lowest BCUT2D eigenvalue weighted by atomic mass is 9.81. The van der Waals surface area contributed by atoms with Gasteiger partial charge in [0, 0.05) is 35.5 Å². The quantitative estimate of drug-likeness (QED) is 0.926. The van der Waals surface area contributed by atoms with Gasteiger partial charge in [0.25, 0.3) is 0 Å². The van der Waals surface area contributed by atoms with Crippen molar-refractivity contribution in [2.24, 2.45) is 5.92 Å². The van der Waals surface area contributed by atoms with Gasteiger partial charge in [-0.1, -0.05) is 12.5 Å². The fourth-order valence-corrected chi connectivity index (χ4v) is 4.81. The number of thiophene rings is 1. The molecule has 0 spiro atoms. The first-order valence-corrected chi connectivity index (χ1v) is 9.26. The fraction of sp³-hybridized carbons (Fsp3) is 0.706. The Morgan fingerprint density at radius 3 is 2.62 bits per heavy atom. The van der Waals surface area contributed by atoms with E-state index in [1.54, 1.807) is 0 Å². The van der Waals surface area contributed by atoms with Crippen LogP contribution in [0.2, 0.25) is 0 Å². The van der Waals surface area contributed by atoms with Crippen LogP contribution in [0.1, 0.15) is 49.8 Å². The van der Waals surface area contributed by atoms with E-state index >= 15 is 0 Å². The molecule has 2 bridgehead atoms. The van der Waals surface area contributed by atoms with Crippen LogP contribution in [0.15, 0.2) is 17.5 Å². The number of piperidine rings is 2. The Labute approximate surface area is 130 Å². The van der Waals surface area contributed by atoms with Crippen molar-refractivity contribution in [3.8, 4) is 0 Å². The highest BCUT2D eigenvalue weighted by Gasteiger charge is 2.40. The van der Waals surface area contributed by atoms with Crippen LogP contribution >= 0.6 is 11.3 Å². The Bertz CT molecular complexity index is 483. The predicted octanol–water partition coefficient (Wildman–Crippen LogP) is 3.16. The molecule has 3 aliphatic rings. The van der Waals surface area contributed by atoms with E-state index in [2.05, 4.69) is 27.7 Å². The summed E-state index contributed by atoms with van der Waals surface area (Å²) in [6.07, 6.45) is 8.49. The molecule has 2 unspecified atom stereocenters. The highest BCUT2D eigenvalue weighted by Crippen LogP contribution is 2.36. The molecular weight excluding hydrogens is 280 g/mol. The summed E-state index contributed by atoms with van der Waals surface area (Å²) in [5.74, 6) is 0.666. The van der Waals surface area contributed by atoms with E-state index in [9.17, 15) is 4.79 Å². The first kappa shape index (κ1) is 13.8. The van der Waals surface area contributed by atoms with Gasteiger partial charge in [-0.15, -0.1) is 11.3 Å². The monoisotopic (exact) mass is 304 g/mol.